The number of amides is 1. The van der Waals surface area contributed by atoms with Gasteiger partial charge in [0.05, 0.1) is 0 Å². The quantitative estimate of drug-likeness (QED) is 0.895. The monoisotopic (exact) mass is 302 g/mol. The van der Waals surface area contributed by atoms with Crippen LogP contribution in [0.2, 0.25) is 0 Å². The summed E-state index contributed by atoms with van der Waals surface area (Å²) >= 11 is 0. The summed E-state index contributed by atoms with van der Waals surface area (Å²) in [6.07, 6.45) is 0.891. The fourth-order valence-corrected chi connectivity index (χ4v) is 2.52. The third-order valence-corrected chi connectivity index (χ3v) is 3.95. The van der Waals surface area contributed by atoms with Gasteiger partial charge in [-0.05, 0) is 56.5 Å². The first-order valence-corrected chi connectivity index (χ1v) is 7.64. The molecule has 1 heterocycles. The van der Waals surface area contributed by atoms with Crippen LogP contribution in [0.25, 0.3) is 0 Å². The van der Waals surface area contributed by atoms with Crippen LogP contribution in [0, 0.1) is 19.7 Å². The molecule has 0 bridgehead atoms. The molecule has 2 aromatic rings. The Hall–Kier alpha value is -2.10. The minimum Gasteiger partial charge on any atom is -0.348 e. The third kappa shape index (κ3) is 3.56. The highest BCUT2D eigenvalue weighted by molar-refractivity contribution is 5.94. The van der Waals surface area contributed by atoms with Crippen molar-refractivity contribution in [2.24, 2.45) is 0 Å². The first-order valence-electron chi connectivity index (χ1n) is 7.64. The summed E-state index contributed by atoms with van der Waals surface area (Å²) in [5, 5.41) is 3.02. The van der Waals surface area contributed by atoms with Crippen molar-refractivity contribution in [1.29, 1.82) is 0 Å². The molecule has 0 radical (unpaired) electrons. The minimum absolute atomic E-state index is 0.0536. The summed E-state index contributed by atoms with van der Waals surface area (Å²) in [5.74, 6) is -0.305. The Morgan fingerprint density at radius 3 is 2.50 bits per heavy atom. The molecule has 2 rings (SSSR count). The molecule has 1 atom stereocenters. The largest absolute Gasteiger partial charge is 0.348 e. The number of carbonyl (C=O) groups is 1. The normalized spacial score (nSPS) is 12.2. The van der Waals surface area contributed by atoms with Crippen molar-refractivity contribution < 1.29 is 9.18 Å². The van der Waals surface area contributed by atoms with Crippen LogP contribution < -0.4 is 5.32 Å². The van der Waals surface area contributed by atoms with Crippen LogP contribution in [0.1, 0.15) is 47.6 Å². The maximum Gasteiger partial charge on any atom is 0.268 e. The van der Waals surface area contributed by atoms with Crippen LogP contribution in [0.15, 0.2) is 30.3 Å². The average molecular weight is 302 g/mol. The average Bonchev–Trinajstić information content (AvgIpc) is 2.75. The molecule has 0 spiro atoms. The molecular formula is C18H23FN2O. The summed E-state index contributed by atoms with van der Waals surface area (Å²) in [6, 6.07) is 8.54. The van der Waals surface area contributed by atoms with Crippen molar-refractivity contribution in [2.45, 2.75) is 46.7 Å². The van der Waals surface area contributed by atoms with Gasteiger partial charge in [0, 0.05) is 18.3 Å². The Morgan fingerprint density at radius 2 is 1.91 bits per heavy atom. The highest BCUT2D eigenvalue weighted by Crippen LogP contribution is 2.18. The van der Waals surface area contributed by atoms with Crippen LogP contribution in [0.4, 0.5) is 4.39 Å². The minimum atomic E-state index is -0.251. The van der Waals surface area contributed by atoms with Gasteiger partial charge in [0.2, 0.25) is 0 Å². The Labute approximate surface area is 131 Å². The van der Waals surface area contributed by atoms with E-state index in [2.05, 4.69) is 5.32 Å². The molecule has 0 saturated carbocycles. The third-order valence-electron chi connectivity index (χ3n) is 3.95. The molecule has 0 aliphatic heterocycles. The number of benzene rings is 1. The van der Waals surface area contributed by atoms with E-state index in [4.69, 9.17) is 0 Å². The lowest BCUT2D eigenvalue weighted by Gasteiger charge is -2.16. The van der Waals surface area contributed by atoms with E-state index in [0.717, 1.165) is 23.2 Å². The Kier molecular flexibility index (Phi) is 5.01. The van der Waals surface area contributed by atoms with Crippen LogP contribution in [0.5, 0.6) is 0 Å². The molecule has 118 valence electrons. The molecule has 1 aromatic carbocycles. The highest BCUT2D eigenvalue weighted by Gasteiger charge is 2.18. The maximum absolute atomic E-state index is 13.0. The number of carbonyl (C=O) groups excluding carboxylic acids is 1. The van der Waals surface area contributed by atoms with Crippen molar-refractivity contribution in [3.63, 3.8) is 0 Å². The Balaban J connectivity index is 2.31. The zero-order valence-corrected chi connectivity index (χ0v) is 13.6. The predicted molar refractivity (Wildman–Crippen MR) is 86.6 cm³/mol. The van der Waals surface area contributed by atoms with E-state index in [1.165, 1.54) is 12.1 Å². The molecular weight excluding hydrogens is 279 g/mol. The lowest BCUT2D eigenvalue weighted by molar-refractivity contribution is 0.0929. The first kappa shape index (κ1) is 16.3. The zero-order chi connectivity index (χ0) is 16.3. The molecule has 0 aliphatic carbocycles. The smallest absolute Gasteiger partial charge is 0.268 e. The van der Waals surface area contributed by atoms with Gasteiger partial charge in [0.25, 0.3) is 5.91 Å². The number of nitrogens with one attached hydrogen (secondary N) is 1. The summed E-state index contributed by atoms with van der Waals surface area (Å²) in [5.41, 5.74) is 3.64. The first-order chi connectivity index (χ1) is 10.4. The number of hydrogen-bond acceptors (Lipinski definition) is 1. The van der Waals surface area contributed by atoms with Crippen molar-refractivity contribution in [3.8, 4) is 0 Å². The van der Waals surface area contributed by atoms with Gasteiger partial charge in [0.1, 0.15) is 11.5 Å². The molecule has 1 N–H and O–H groups in total. The number of aryl methyl sites for hydroxylation is 2. The van der Waals surface area contributed by atoms with Crippen molar-refractivity contribution >= 4 is 5.91 Å². The zero-order valence-electron chi connectivity index (χ0n) is 13.6. The highest BCUT2D eigenvalue weighted by atomic mass is 19.1. The molecule has 0 saturated heterocycles. The van der Waals surface area contributed by atoms with Crippen molar-refractivity contribution in [1.82, 2.24) is 9.88 Å². The second-order valence-electron chi connectivity index (χ2n) is 5.81. The topological polar surface area (TPSA) is 34.0 Å². The summed E-state index contributed by atoms with van der Waals surface area (Å²) in [7, 11) is 0. The Bertz CT molecular complexity index is 658. The standard InChI is InChI=1S/C18H23FN2O/c1-5-13(3)20-18(22)17-12(2)10-14(4)21(17)11-15-6-8-16(19)9-7-15/h6-10,13H,5,11H2,1-4H3,(H,20,22). The van der Waals surface area contributed by atoms with E-state index in [0.29, 0.717) is 12.2 Å². The SMILES string of the molecule is CCC(C)NC(=O)c1c(C)cc(C)n1Cc1ccc(F)cc1. The van der Waals surface area contributed by atoms with Gasteiger partial charge in [-0.1, -0.05) is 19.1 Å². The molecule has 3 nitrogen and oxygen atoms in total. The van der Waals surface area contributed by atoms with Gasteiger partial charge in [0.15, 0.2) is 0 Å². The van der Waals surface area contributed by atoms with Gasteiger partial charge in [-0.3, -0.25) is 4.79 Å². The second-order valence-corrected chi connectivity index (χ2v) is 5.81. The van der Waals surface area contributed by atoms with Crippen molar-refractivity contribution in [2.75, 3.05) is 0 Å². The van der Waals surface area contributed by atoms with Gasteiger partial charge in [-0.2, -0.15) is 0 Å². The van der Waals surface area contributed by atoms with Crippen LogP contribution in [-0.4, -0.2) is 16.5 Å². The number of rotatable bonds is 5. The van der Waals surface area contributed by atoms with Crippen LogP contribution in [0.3, 0.4) is 0 Å². The van der Waals surface area contributed by atoms with Crippen molar-refractivity contribution in [3.05, 3.63) is 58.7 Å². The Morgan fingerprint density at radius 1 is 1.27 bits per heavy atom. The van der Waals surface area contributed by atoms with E-state index in [-0.39, 0.29) is 17.8 Å². The molecule has 1 unspecified atom stereocenters. The maximum atomic E-state index is 13.0. The molecule has 1 amide bonds. The predicted octanol–water partition coefficient (Wildman–Crippen LogP) is 3.82. The number of nitrogens with zero attached hydrogens (tertiary/aromatic N) is 1. The fourth-order valence-electron chi connectivity index (χ4n) is 2.52. The van der Waals surface area contributed by atoms with Gasteiger partial charge < -0.3 is 9.88 Å². The molecule has 1 aromatic heterocycles. The lowest BCUT2D eigenvalue weighted by atomic mass is 10.2. The van der Waals surface area contributed by atoms with Gasteiger partial charge >= 0.3 is 0 Å². The number of aromatic nitrogens is 1. The summed E-state index contributed by atoms with van der Waals surface area (Å²) in [4.78, 5) is 12.5. The van der Waals surface area contributed by atoms with E-state index in [1.807, 2.05) is 38.3 Å². The van der Waals surface area contributed by atoms with E-state index >= 15 is 0 Å². The summed E-state index contributed by atoms with van der Waals surface area (Å²) < 4.78 is 15.0. The van der Waals surface area contributed by atoms with Crippen LogP contribution >= 0.6 is 0 Å². The molecule has 0 fully saturated rings. The van der Waals surface area contributed by atoms with E-state index in [1.54, 1.807) is 12.1 Å². The molecule has 0 aliphatic rings. The molecule has 4 heteroatoms. The number of halogens is 1. The summed E-state index contributed by atoms with van der Waals surface area (Å²) in [6.45, 7) is 8.52. The number of hydrogen-bond donors (Lipinski definition) is 1. The van der Waals surface area contributed by atoms with E-state index in [9.17, 15) is 9.18 Å². The lowest BCUT2D eigenvalue weighted by Crippen LogP contribution is -2.34. The fraction of sp³-hybridized carbons (Fsp3) is 0.389. The second kappa shape index (κ2) is 6.77. The molecule has 22 heavy (non-hydrogen) atoms. The van der Waals surface area contributed by atoms with E-state index < -0.39 is 0 Å². The van der Waals surface area contributed by atoms with Gasteiger partial charge in [-0.25, -0.2) is 4.39 Å². The van der Waals surface area contributed by atoms with Crippen LogP contribution in [-0.2, 0) is 6.54 Å². The van der Waals surface area contributed by atoms with Gasteiger partial charge in [-0.15, -0.1) is 0 Å².